The van der Waals surface area contributed by atoms with Crippen LogP contribution in [0.3, 0.4) is 0 Å². The van der Waals surface area contributed by atoms with Crippen LogP contribution in [0.5, 0.6) is 0 Å². The van der Waals surface area contributed by atoms with Gasteiger partial charge >= 0.3 is 0 Å². The fraction of sp³-hybridized carbons (Fsp3) is 0.650. The van der Waals surface area contributed by atoms with Crippen molar-refractivity contribution in [3.63, 3.8) is 0 Å². The molecule has 11 heteroatoms. The van der Waals surface area contributed by atoms with Gasteiger partial charge in [-0.2, -0.15) is 17.0 Å². The average Bonchev–Trinajstić information content (AvgIpc) is 3.14. The first-order valence-electron chi connectivity index (χ1n) is 10.8. The summed E-state index contributed by atoms with van der Waals surface area (Å²) in [5.41, 5.74) is 0.537. The van der Waals surface area contributed by atoms with Crippen molar-refractivity contribution >= 4 is 33.5 Å². The number of H-pyrrole nitrogens is 1. The van der Waals surface area contributed by atoms with E-state index in [9.17, 15) is 8.42 Å². The smallest absolute Gasteiger partial charge is 0.290 e. The van der Waals surface area contributed by atoms with Gasteiger partial charge in [-0.3, -0.25) is 4.79 Å². The maximum Gasteiger partial charge on any atom is 0.290 e. The number of hydrogen-bond acceptors (Lipinski definition) is 6. The van der Waals surface area contributed by atoms with Gasteiger partial charge in [0.05, 0.1) is 10.9 Å². The third-order valence-electron chi connectivity index (χ3n) is 6.71. The Labute approximate surface area is 182 Å². The standard InChI is InChI=1S/C19H28N6O2S.CH2O2/c1-23(12-15-4-2-3-5-15)28(26,27)25-11-10-24(13-19(25)7-8-19)18-16-6-9-20-17(16)21-14-22-18;2-1-3/h6,9,14-15H,2-5,7-8,10-13H2,1H3,(H,20,21,22);1H,(H,2,3). The number of carboxylic acid groups (broad SMARTS) is 1. The van der Waals surface area contributed by atoms with Gasteiger partial charge in [-0.25, -0.2) is 9.97 Å². The second-order valence-corrected chi connectivity index (χ2v) is 10.7. The van der Waals surface area contributed by atoms with Crippen LogP contribution in [-0.4, -0.2) is 82.3 Å². The molecule has 1 aliphatic heterocycles. The summed E-state index contributed by atoms with van der Waals surface area (Å²) in [4.78, 5) is 22.5. The normalized spacial score (nSPS) is 21.4. The molecule has 2 aliphatic carbocycles. The molecule has 5 rings (SSSR count). The van der Waals surface area contributed by atoms with Gasteiger partial charge < -0.3 is 15.0 Å². The highest BCUT2D eigenvalue weighted by Gasteiger charge is 2.56. The van der Waals surface area contributed by atoms with Crippen molar-refractivity contribution in [2.45, 2.75) is 44.1 Å². The zero-order valence-corrected chi connectivity index (χ0v) is 18.6. The minimum atomic E-state index is -3.43. The molecule has 2 aromatic heterocycles. The molecule has 0 bridgehead atoms. The van der Waals surface area contributed by atoms with Gasteiger partial charge in [-0.05, 0) is 37.7 Å². The molecule has 3 heterocycles. The fourth-order valence-corrected chi connectivity index (χ4v) is 6.76. The molecule has 3 aliphatic rings. The van der Waals surface area contributed by atoms with Gasteiger partial charge in [0, 0.05) is 39.4 Å². The van der Waals surface area contributed by atoms with Crippen molar-refractivity contribution in [1.29, 1.82) is 0 Å². The maximum absolute atomic E-state index is 13.3. The molecule has 0 unspecified atom stereocenters. The van der Waals surface area contributed by atoms with Gasteiger partial charge in [0.15, 0.2) is 0 Å². The molecule has 0 atom stereocenters. The van der Waals surface area contributed by atoms with Crippen LogP contribution in [0.15, 0.2) is 18.6 Å². The van der Waals surface area contributed by atoms with Crippen LogP contribution in [0.25, 0.3) is 11.0 Å². The summed E-state index contributed by atoms with van der Waals surface area (Å²) in [6.07, 6.45) is 10.0. The van der Waals surface area contributed by atoms with Crippen molar-refractivity contribution in [3.8, 4) is 0 Å². The van der Waals surface area contributed by atoms with Crippen molar-refractivity contribution in [2.24, 2.45) is 5.92 Å². The summed E-state index contributed by atoms with van der Waals surface area (Å²) < 4.78 is 30.1. The molecule has 1 spiro atoms. The Morgan fingerprint density at radius 1 is 1.29 bits per heavy atom. The molecule has 2 saturated carbocycles. The Kier molecular flexibility index (Phi) is 6.18. The number of hydrogen-bond donors (Lipinski definition) is 2. The summed E-state index contributed by atoms with van der Waals surface area (Å²) in [5, 5.41) is 7.88. The van der Waals surface area contributed by atoms with Crippen LogP contribution in [0.4, 0.5) is 5.82 Å². The molecule has 31 heavy (non-hydrogen) atoms. The number of aromatic amines is 1. The monoisotopic (exact) mass is 450 g/mol. The molecule has 1 saturated heterocycles. The second-order valence-electron chi connectivity index (χ2n) is 8.70. The summed E-state index contributed by atoms with van der Waals surface area (Å²) in [5.74, 6) is 1.41. The lowest BCUT2D eigenvalue weighted by Gasteiger charge is -2.43. The minimum Gasteiger partial charge on any atom is -0.483 e. The molecule has 2 aromatic rings. The van der Waals surface area contributed by atoms with Gasteiger partial charge in [0.2, 0.25) is 0 Å². The van der Waals surface area contributed by atoms with E-state index >= 15 is 0 Å². The maximum atomic E-state index is 13.3. The molecule has 3 fully saturated rings. The average molecular weight is 451 g/mol. The molecule has 0 radical (unpaired) electrons. The Hall–Kier alpha value is -2.24. The lowest BCUT2D eigenvalue weighted by molar-refractivity contribution is -0.122. The number of piperazine rings is 1. The zero-order chi connectivity index (χ0) is 22.1. The summed E-state index contributed by atoms with van der Waals surface area (Å²) in [6.45, 7) is 2.25. The number of anilines is 1. The van der Waals surface area contributed by atoms with Gasteiger partial charge in [0.1, 0.15) is 17.8 Å². The van der Waals surface area contributed by atoms with E-state index < -0.39 is 10.2 Å². The van der Waals surface area contributed by atoms with Crippen LogP contribution >= 0.6 is 0 Å². The Balaban J connectivity index is 0.000000730. The summed E-state index contributed by atoms with van der Waals surface area (Å²) >= 11 is 0. The number of fused-ring (bicyclic) bond motifs is 1. The quantitative estimate of drug-likeness (QED) is 0.665. The number of rotatable bonds is 5. The first kappa shape index (κ1) is 22.0. The fourth-order valence-electron chi connectivity index (χ4n) is 4.98. The number of nitrogens with one attached hydrogen (secondary N) is 1. The van der Waals surface area contributed by atoms with Gasteiger partial charge in [-0.1, -0.05) is 12.8 Å². The van der Waals surface area contributed by atoms with E-state index in [2.05, 4.69) is 19.9 Å². The molecule has 0 amide bonds. The third-order valence-corrected chi connectivity index (χ3v) is 8.77. The summed E-state index contributed by atoms with van der Waals surface area (Å²) in [7, 11) is -1.68. The van der Waals surface area contributed by atoms with Crippen molar-refractivity contribution in [2.75, 3.05) is 38.1 Å². The number of carbonyl (C=O) groups is 1. The Bertz CT molecular complexity index is 1020. The largest absolute Gasteiger partial charge is 0.483 e. The van der Waals surface area contributed by atoms with Crippen LogP contribution < -0.4 is 4.90 Å². The van der Waals surface area contributed by atoms with E-state index in [1.54, 1.807) is 22.0 Å². The summed E-state index contributed by atoms with van der Waals surface area (Å²) in [6, 6.07) is 1.99. The van der Waals surface area contributed by atoms with Gasteiger partial charge in [0.25, 0.3) is 16.7 Å². The predicted octanol–water partition coefficient (Wildman–Crippen LogP) is 1.68. The molecule has 170 valence electrons. The predicted molar refractivity (Wildman–Crippen MR) is 117 cm³/mol. The highest BCUT2D eigenvalue weighted by Crippen LogP contribution is 2.47. The van der Waals surface area contributed by atoms with E-state index in [0.29, 0.717) is 32.1 Å². The van der Waals surface area contributed by atoms with E-state index in [4.69, 9.17) is 9.90 Å². The molecule has 10 nitrogen and oxygen atoms in total. The highest BCUT2D eigenvalue weighted by atomic mass is 32.2. The third kappa shape index (κ3) is 4.26. The lowest BCUT2D eigenvalue weighted by atomic mass is 10.1. The van der Waals surface area contributed by atoms with Crippen LogP contribution in [0, 0.1) is 5.92 Å². The first-order valence-corrected chi connectivity index (χ1v) is 12.2. The van der Waals surface area contributed by atoms with Crippen LogP contribution in [0.1, 0.15) is 38.5 Å². The number of nitrogens with zero attached hydrogens (tertiary/aromatic N) is 5. The first-order chi connectivity index (χ1) is 14.9. The van der Waals surface area contributed by atoms with E-state index in [1.807, 2.05) is 12.3 Å². The van der Waals surface area contributed by atoms with Crippen LogP contribution in [-0.2, 0) is 15.0 Å². The zero-order valence-electron chi connectivity index (χ0n) is 17.8. The van der Waals surface area contributed by atoms with E-state index in [0.717, 1.165) is 42.5 Å². The van der Waals surface area contributed by atoms with Gasteiger partial charge in [-0.15, -0.1) is 0 Å². The Morgan fingerprint density at radius 2 is 2.00 bits per heavy atom. The minimum absolute atomic E-state index is 0.250. The Morgan fingerprint density at radius 3 is 2.68 bits per heavy atom. The SMILES string of the molecule is CN(CC1CCCC1)S(=O)(=O)N1CCN(c2ncnc3[nH]ccc23)CC12CC2.O=CO. The topological polar surface area (TPSA) is 123 Å². The molecule has 0 aromatic carbocycles. The second kappa shape index (κ2) is 8.71. The highest BCUT2D eigenvalue weighted by molar-refractivity contribution is 7.86. The van der Waals surface area contributed by atoms with Crippen molar-refractivity contribution in [1.82, 2.24) is 23.6 Å². The van der Waals surface area contributed by atoms with E-state index in [-0.39, 0.29) is 12.0 Å². The van der Waals surface area contributed by atoms with Crippen molar-refractivity contribution in [3.05, 3.63) is 18.6 Å². The van der Waals surface area contributed by atoms with Crippen molar-refractivity contribution < 1.29 is 18.3 Å². The molecule has 2 N–H and O–H groups in total. The van der Waals surface area contributed by atoms with E-state index in [1.165, 1.54) is 12.8 Å². The molecular formula is C20H30N6O4S. The van der Waals surface area contributed by atoms with Crippen LogP contribution in [0.2, 0.25) is 0 Å². The number of aromatic nitrogens is 3. The molecular weight excluding hydrogens is 420 g/mol. The lowest BCUT2D eigenvalue weighted by Crippen LogP contribution is -2.60.